The number of carboxylic acids is 1. The summed E-state index contributed by atoms with van der Waals surface area (Å²) >= 11 is 1.76. The van der Waals surface area contributed by atoms with E-state index in [0.29, 0.717) is 0 Å². The topological polar surface area (TPSA) is 75.6 Å². The van der Waals surface area contributed by atoms with Gasteiger partial charge in [-0.1, -0.05) is 72.8 Å². The van der Waals surface area contributed by atoms with Crippen molar-refractivity contribution in [1.82, 2.24) is 5.32 Å². The molecule has 0 aromatic heterocycles. The maximum atomic E-state index is 12.0. The maximum Gasteiger partial charge on any atom is 0.408 e. The normalized spacial score (nSPS) is 11.5. The van der Waals surface area contributed by atoms with Crippen LogP contribution in [0.15, 0.2) is 89.8 Å². The van der Waals surface area contributed by atoms with E-state index in [1.807, 2.05) is 72.8 Å². The zero-order valence-electron chi connectivity index (χ0n) is 16.4. The van der Waals surface area contributed by atoms with Crippen molar-refractivity contribution in [3.63, 3.8) is 0 Å². The predicted octanol–water partition coefficient (Wildman–Crippen LogP) is 4.90. The third-order valence-electron chi connectivity index (χ3n) is 4.41. The molecule has 0 heterocycles. The lowest BCUT2D eigenvalue weighted by atomic mass is 10.1. The van der Waals surface area contributed by atoms with Gasteiger partial charge in [-0.25, -0.2) is 9.59 Å². The van der Waals surface area contributed by atoms with Crippen molar-refractivity contribution in [3.8, 4) is 0 Å². The van der Waals surface area contributed by atoms with Crippen LogP contribution in [0.3, 0.4) is 0 Å². The van der Waals surface area contributed by atoms with E-state index in [4.69, 9.17) is 4.74 Å². The standard InChI is InChI=1S/C24H23NO4S/c26-23(27)22(15-18-7-3-1-4-8-18)25-24(28)29-16-19-11-13-20(14-12-19)17-30-21-9-5-2-6-10-21/h1-14,22H,15-17H2,(H,25,28)(H,26,27). The Morgan fingerprint density at radius 3 is 2.07 bits per heavy atom. The summed E-state index contributed by atoms with van der Waals surface area (Å²) in [7, 11) is 0. The summed E-state index contributed by atoms with van der Waals surface area (Å²) in [4.78, 5) is 24.7. The molecule has 6 heteroatoms. The molecule has 2 N–H and O–H groups in total. The van der Waals surface area contributed by atoms with E-state index in [2.05, 4.69) is 17.4 Å². The summed E-state index contributed by atoms with van der Waals surface area (Å²) in [5.74, 6) is -0.248. The second-order valence-corrected chi connectivity index (χ2v) is 7.77. The molecular formula is C24H23NO4S. The van der Waals surface area contributed by atoms with Gasteiger partial charge in [0.1, 0.15) is 12.6 Å². The number of rotatable bonds is 9. The summed E-state index contributed by atoms with van der Waals surface area (Å²) in [6.07, 6.45) is -0.555. The minimum Gasteiger partial charge on any atom is -0.480 e. The van der Waals surface area contributed by atoms with Crippen LogP contribution in [0.2, 0.25) is 0 Å². The van der Waals surface area contributed by atoms with Gasteiger partial charge in [0.05, 0.1) is 0 Å². The zero-order chi connectivity index (χ0) is 21.2. The van der Waals surface area contributed by atoms with Crippen molar-refractivity contribution >= 4 is 23.8 Å². The highest BCUT2D eigenvalue weighted by atomic mass is 32.2. The number of carbonyl (C=O) groups excluding carboxylic acids is 1. The number of hydrogen-bond donors (Lipinski definition) is 2. The lowest BCUT2D eigenvalue weighted by Crippen LogP contribution is -2.42. The number of thioether (sulfide) groups is 1. The monoisotopic (exact) mass is 421 g/mol. The Bertz CT molecular complexity index is 946. The maximum absolute atomic E-state index is 12.0. The van der Waals surface area contributed by atoms with E-state index in [0.717, 1.165) is 16.9 Å². The molecule has 0 radical (unpaired) electrons. The fourth-order valence-electron chi connectivity index (χ4n) is 2.80. The lowest BCUT2D eigenvalue weighted by molar-refractivity contribution is -0.139. The molecule has 0 bridgehead atoms. The first-order valence-electron chi connectivity index (χ1n) is 9.56. The van der Waals surface area contributed by atoms with Crippen LogP contribution in [-0.2, 0) is 28.3 Å². The molecule has 0 spiro atoms. The molecule has 1 amide bonds. The average Bonchev–Trinajstić information content (AvgIpc) is 2.78. The first-order valence-corrected chi connectivity index (χ1v) is 10.5. The third-order valence-corrected chi connectivity index (χ3v) is 5.50. The minimum atomic E-state index is -1.10. The summed E-state index contributed by atoms with van der Waals surface area (Å²) in [5, 5.41) is 11.8. The van der Waals surface area contributed by atoms with Gasteiger partial charge in [0.2, 0.25) is 0 Å². The smallest absolute Gasteiger partial charge is 0.408 e. The van der Waals surface area contributed by atoms with Crippen LogP contribution in [0.25, 0.3) is 0 Å². The molecule has 0 aliphatic rings. The van der Waals surface area contributed by atoms with Gasteiger partial charge in [-0.15, -0.1) is 11.8 Å². The average molecular weight is 422 g/mol. The third kappa shape index (κ3) is 6.97. The number of alkyl carbamates (subject to hydrolysis) is 1. The molecule has 30 heavy (non-hydrogen) atoms. The zero-order valence-corrected chi connectivity index (χ0v) is 17.2. The van der Waals surface area contributed by atoms with E-state index in [-0.39, 0.29) is 13.0 Å². The highest BCUT2D eigenvalue weighted by molar-refractivity contribution is 7.98. The molecule has 0 fully saturated rings. The Morgan fingerprint density at radius 2 is 1.43 bits per heavy atom. The van der Waals surface area contributed by atoms with Crippen molar-refractivity contribution in [2.75, 3.05) is 0 Å². The number of hydrogen-bond acceptors (Lipinski definition) is 4. The number of carboxylic acid groups (broad SMARTS) is 1. The fraction of sp³-hybridized carbons (Fsp3) is 0.167. The molecule has 3 aromatic rings. The number of aliphatic carboxylic acids is 1. The highest BCUT2D eigenvalue weighted by Crippen LogP contribution is 2.22. The molecule has 154 valence electrons. The molecule has 0 aliphatic heterocycles. The molecule has 3 aromatic carbocycles. The highest BCUT2D eigenvalue weighted by Gasteiger charge is 2.21. The quantitative estimate of drug-likeness (QED) is 0.481. The van der Waals surface area contributed by atoms with Gasteiger partial charge < -0.3 is 15.2 Å². The van der Waals surface area contributed by atoms with Gasteiger partial charge in [0.25, 0.3) is 0 Å². The second-order valence-electron chi connectivity index (χ2n) is 6.72. The van der Waals surface area contributed by atoms with Crippen LogP contribution in [-0.4, -0.2) is 23.2 Å². The molecule has 0 saturated carbocycles. The van der Waals surface area contributed by atoms with E-state index >= 15 is 0 Å². The van der Waals surface area contributed by atoms with Gasteiger partial charge in [0.15, 0.2) is 0 Å². The fourth-order valence-corrected chi connectivity index (χ4v) is 3.67. The first-order chi connectivity index (χ1) is 14.6. The van der Waals surface area contributed by atoms with Crippen molar-refractivity contribution in [3.05, 3.63) is 102 Å². The van der Waals surface area contributed by atoms with E-state index < -0.39 is 18.1 Å². The van der Waals surface area contributed by atoms with Gasteiger partial charge >= 0.3 is 12.1 Å². The van der Waals surface area contributed by atoms with Crippen molar-refractivity contribution < 1.29 is 19.4 Å². The van der Waals surface area contributed by atoms with Crippen LogP contribution in [0.5, 0.6) is 0 Å². The Kier molecular flexibility index (Phi) is 7.92. The molecular weight excluding hydrogens is 398 g/mol. The van der Waals surface area contributed by atoms with Crippen LogP contribution in [0.1, 0.15) is 16.7 Å². The van der Waals surface area contributed by atoms with Crippen molar-refractivity contribution in [2.45, 2.75) is 29.7 Å². The number of amides is 1. The summed E-state index contributed by atoms with van der Waals surface area (Å²) in [5.41, 5.74) is 2.84. The van der Waals surface area contributed by atoms with Gasteiger partial charge in [-0.05, 0) is 28.8 Å². The Hall–Kier alpha value is -3.25. The Balaban J connectivity index is 1.45. The summed E-state index contributed by atoms with van der Waals surface area (Å²) < 4.78 is 5.20. The lowest BCUT2D eigenvalue weighted by Gasteiger charge is -2.15. The summed E-state index contributed by atoms with van der Waals surface area (Å²) in [6, 6.07) is 26.1. The number of benzene rings is 3. The molecule has 3 rings (SSSR count). The van der Waals surface area contributed by atoms with E-state index in [1.165, 1.54) is 10.5 Å². The largest absolute Gasteiger partial charge is 0.480 e. The van der Waals surface area contributed by atoms with Crippen molar-refractivity contribution in [2.24, 2.45) is 0 Å². The summed E-state index contributed by atoms with van der Waals surface area (Å²) in [6.45, 7) is 0.0790. The molecule has 5 nitrogen and oxygen atoms in total. The van der Waals surface area contributed by atoms with Gasteiger partial charge in [-0.2, -0.15) is 0 Å². The van der Waals surface area contributed by atoms with E-state index in [9.17, 15) is 14.7 Å². The Labute approximate surface area is 180 Å². The minimum absolute atomic E-state index is 0.0790. The molecule has 0 aliphatic carbocycles. The number of nitrogens with one attached hydrogen (secondary N) is 1. The van der Waals surface area contributed by atoms with Crippen LogP contribution < -0.4 is 5.32 Å². The van der Waals surface area contributed by atoms with E-state index in [1.54, 1.807) is 11.8 Å². The molecule has 1 unspecified atom stereocenters. The molecule has 1 atom stereocenters. The Morgan fingerprint density at radius 1 is 0.833 bits per heavy atom. The number of ether oxygens (including phenoxy) is 1. The van der Waals surface area contributed by atoms with Crippen LogP contribution in [0, 0.1) is 0 Å². The number of carbonyl (C=O) groups is 2. The SMILES string of the molecule is O=C(NC(Cc1ccccc1)C(=O)O)OCc1ccc(CSc2ccccc2)cc1. The second kappa shape index (κ2) is 11.1. The van der Waals surface area contributed by atoms with Crippen molar-refractivity contribution in [1.29, 1.82) is 0 Å². The first kappa shape index (κ1) is 21.5. The van der Waals surface area contributed by atoms with Gasteiger partial charge in [-0.3, -0.25) is 0 Å². The van der Waals surface area contributed by atoms with Gasteiger partial charge in [0, 0.05) is 17.1 Å². The van der Waals surface area contributed by atoms with Crippen LogP contribution >= 0.6 is 11.8 Å². The van der Waals surface area contributed by atoms with Crippen LogP contribution in [0.4, 0.5) is 4.79 Å². The predicted molar refractivity (Wildman–Crippen MR) is 117 cm³/mol. The molecule has 0 saturated heterocycles.